The Balaban J connectivity index is 2.05. The molecule has 1 aromatic rings. The molecule has 18 heavy (non-hydrogen) atoms. The van der Waals surface area contributed by atoms with Gasteiger partial charge in [-0.1, -0.05) is 18.2 Å². The van der Waals surface area contributed by atoms with Gasteiger partial charge in [-0.15, -0.1) is 0 Å². The van der Waals surface area contributed by atoms with Crippen LogP contribution < -0.4 is 10.4 Å². The fourth-order valence-electron chi connectivity index (χ4n) is 2.53. The fraction of sp³-hybridized carbons (Fsp3) is 0.571. The summed E-state index contributed by atoms with van der Waals surface area (Å²) in [5.74, 6) is 0. The highest BCUT2D eigenvalue weighted by Gasteiger charge is 2.20. The summed E-state index contributed by atoms with van der Waals surface area (Å²) in [4.78, 5) is 4.91. The van der Waals surface area contributed by atoms with E-state index in [0.717, 1.165) is 31.7 Å². The summed E-state index contributed by atoms with van der Waals surface area (Å²) in [7, 11) is 0. The number of piperazine rings is 1. The van der Waals surface area contributed by atoms with Gasteiger partial charge in [-0.25, -0.2) is 5.48 Å². The highest BCUT2D eigenvalue weighted by atomic mass is 16.5. The Morgan fingerprint density at radius 1 is 1.17 bits per heavy atom. The zero-order valence-corrected chi connectivity index (χ0v) is 11.3. The monoisotopic (exact) mass is 249 g/mol. The molecule has 100 valence electrons. The first-order valence-electron chi connectivity index (χ1n) is 6.66. The molecule has 0 spiro atoms. The van der Waals surface area contributed by atoms with E-state index in [2.05, 4.69) is 47.3 Å². The zero-order valence-electron chi connectivity index (χ0n) is 11.3. The van der Waals surface area contributed by atoms with Crippen LogP contribution in [0.4, 0.5) is 5.69 Å². The number of hydrogen-bond acceptors (Lipinski definition) is 4. The molecule has 1 heterocycles. The van der Waals surface area contributed by atoms with Crippen molar-refractivity contribution in [2.45, 2.75) is 26.4 Å². The number of hydrogen-bond donors (Lipinski definition) is 2. The maximum absolute atomic E-state index is 8.88. The van der Waals surface area contributed by atoms with E-state index in [1.165, 1.54) is 5.69 Å². The Morgan fingerprint density at radius 2 is 1.83 bits per heavy atom. The maximum Gasteiger partial charge on any atom is 0.0478 e. The molecule has 2 N–H and O–H groups in total. The van der Waals surface area contributed by atoms with Gasteiger partial charge in [-0.05, 0) is 25.5 Å². The minimum atomic E-state index is 0.501. The molecular weight excluding hydrogens is 226 g/mol. The van der Waals surface area contributed by atoms with E-state index in [4.69, 9.17) is 5.21 Å². The van der Waals surface area contributed by atoms with E-state index >= 15 is 0 Å². The van der Waals surface area contributed by atoms with Crippen molar-refractivity contribution in [3.8, 4) is 0 Å². The second-order valence-corrected chi connectivity index (χ2v) is 5.08. The van der Waals surface area contributed by atoms with Gasteiger partial charge < -0.3 is 10.1 Å². The summed E-state index contributed by atoms with van der Waals surface area (Å²) in [5.41, 5.74) is 4.64. The van der Waals surface area contributed by atoms with Crippen LogP contribution in [0.5, 0.6) is 0 Å². The first-order chi connectivity index (χ1) is 8.72. The lowest BCUT2D eigenvalue weighted by Crippen LogP contribution is -2.49. The molecule has 1 fully saturated rings. The number of hydroxylamine groups is 1. The predicted molar refractivity (Wildman–Crippen MR) is 74.0 cm³/mol. The first kappa shape index (κ1) is 13.3. The third-order valence-electron chi connectivity index (χ3n) is 3.65. The van der Waals surface area contributed by atoms with Gasteiger partial charge in [0.05, 0.1) is 0 Å². The van der Waals surface area contributed by atoms with Gasteiger partial charge in [-0.3, -0.25) is 4.90 Å². The molecule has 0 saturated carbocycles. The smallest absolute Gasteiger partial charge is 0.0478 e. The molecule has 2 rings (SSSR count). The number of nitrogens with one attached hydrogen (secondary N) is 1. The van der Waals surface area contributed by atoms with Crippen LogP contribution in [-0.2, 0) is 6.54 Å². The summed E-state index contributed by atoms with van der Waals surface area (Å²) in [6.45, 7) is 9.33. The third-order valence-corrected chi connectivity index (χ3v) is 3.65. The average molecular weight is 249 g/mol. The normalized spacial score (nSPS) is 17.4. The number of para-hydroxylation sites is 1. The molecule has 1 saturated heterocycles. The molecule has 1 aromatic carbocycles. The van der Waals surface area contributed by atoms with Gasteiger partial charge in [0, 0.05) is 44.5 Å². The van der Waals surface area contributed by atoms with Gasteiger partial charge in [-0.2, -0.15) is 0 Å². The average Bonchev–Trinajstić information content (AvgIpc) is 2.40. The molecule has 1 aliphatic rings. The topological polar surface area (TPSA) is 38.7 Å². The first-order valence-corrected chi connectivity index (χ1v) is 6.66. The summed E-state index contributed by atoms with van der Waals surface area (Å²) in [5, 5.41) is 8.88. The van der Waals surface area contributed by atoms with Crippen LogP contribution in [-0.4, -0.2) is 42.3 Å². The lowest BCUT2D eigenvalue weighted by Gasteiger charge is -2.38. The van der Waals surface area contributed by atoms with Crippen molar-refractivity contribution >= 4 is 5.69 Å². The van der Waals surface area contributed by atoms with E-state index in [0.29, 0.717) is 12.6 Å². The fourth-order valence-corrected chi connectivity index (χ4v) is 2.53. The lowest BCUT2D eigenvalue weighted by molar-refractivity contribution is 0.161. The number of benzene rings is 1. The van der Waals surface area contributed by atoms with E-state index in [1.54, 1.807) is 0 Å². The summed E-state index contributed by atoms with van der Waals surface area (Å²) >= 11 is 0. The number of nitrogens with zero attached hydrogens (tertiary/aromatic N) is 2. The molecule has 0 atom stereocenters. The summed E-state index contributed by atoms with van der Waals surface area (Å²) < 4.78 is 0. The minimum absolute atomic E-state index is 0.501. The SMILES string of the molecule is CC(C)N1CCN(c2ccccc2CNO)CC1. The van der Waals surface area contributed by atoms with Gasteiger partial charge in [0.15, 0.2) is 0 Å². The highest BCUT2D eigenvalue weighted by Crippen LogP contribution is 2.22. The van der Waals surface area contributed by atoms with E-state index in [-0.39, 0.29) is 0 Å². The summed E-state index contributed by atoms with van der Waals surface area (Å²) in [6.07, 6.45) is 0. The van der Waals surface area contributed by atoms with Crippen LogP contribution in [0.1, 0.15) is 19.4 Å². The Kier molecular flexibility index (Phi) is 4.58. The largest absolute Gasteiger partial charge is 0.369 e. The molecule has 4 nitrogen and oxygen atoms in total. The van der Waals surface area contributed by atoms with Gasteiger partial charge >= 0.3 is 0 Å². The number of anilines is 1. The third kappa shape index (κ3) is 3.02. The quantitative estimate of drug-likeness (QED) is 0.797. The van der Waals surface area contributed by atoms with Crippen molar-refractivity contribution in [2.24, 2.45) is 0 Å². The Morgan fingerprint density at radius 3 is 2.44 bits per heavy atom. The van der Waals surface area contributed by atoms with Crippen molar-refractivity contribution < 1.29 is 5.21 Å². The van der Waals surface area contributed by atoms with E-state index in [9.17, 15) is 0 Å². The van der Waals surface area contributed by atoms with Crippen molar-refractivity contribution in [1.82, 2.24) is 10.4 Å². The summed E-state index contributed by atoms with van der Waals surface area (Å²) in [6, 6.07) is 8.90. The van der Waals surface area contributed by atoms with Crippen LogP contribution in [0, 0.1) is 0 Å². The van der Waals surface area contributed by atoms with Crippen molar-refractivity contribution in [2.75, 3.05) is 31.1 Å². The Bertz CT molecular complexity index is 373. The zero-order chi connectivity index (χ0) is 13.0. The molecule has 0 aromatic heterocycles. The van der Waals surface area contributed by atoms with Gasteiger partial charge in [0.1, 0.15) is 0 Å². The molecule has 0 amide bonds. The highest BCUT2D eigenvalue weighted by molar-refractivity contribution is 5.54. The molecule has 4 heteroatoms. The minimum Gasteiger partial charge on any atom is -0.369 e. The van der Waals surface area contributed by atoms with Gasteiger partial charge in [0.2, 0.25) is 0 Å². The van der Waals surface area contributed by atoms with Gasteiger partial charge in [0.25, 0.3) is 0 Å². The molecule has 0 radical (unpaired) electrons. The molecule has 0 bridgehead atoms. The van der Waals surface area contributed by atoms with Crippen LogP contribution in [0.15, 0.2) is 24.3 Å². The predicted octanol–water partition coefficient (Wildman–Crippen LogP) is 1.70. The van der Waals surface area contributed by atoms with E-state index < -0.39 is 0 Å². The van der Waals surface area contributed by atoms with Crippen LogP contribution >= 0.6 is 0 Å². The number of rotatable bonds is 4. The van der Waals surface area contributed by atoms with Crippen molar-refractivity contribution in [3.05, 3.63) is 29.8 Å². The van der Waals surface area contributed by atoms with Crippen LogP contribution in [0.3, 0.4) is 0 Å². The lowest BCUT2D eigenvalue weighted by atomic mass is 10.1. The Labute approximate surface area is 109 Å². The second kappa shape index (κ2) is 6.18. The van der Waals surface area contributed by atoms with Crippen LogP contribution in [0.25, 0.3) is 0 Å². The van der Waals surface area contributed by atoms with E-state index in [1.807, 2.05) is 6.07 Å². The molecule has 0 aliphatic carbocycles. The maximum atomic E-state index is 8.88. The van der Waals surface area contributed by atoms with Crippen molar-refractivity contribution in [1.29, 1.82) is 0 Å². The Hall–Kier alpha value is -1.10. The molecule has 1 aliphatic heterocycles. The second-order valence-electron chi connectivity index (χ2n) is 5.08. The molecule has 0 unspecified atom stereocenters. The molecular formula is C14H23N3O. The van der Waals surface area contributed by atoms with Crippen LogP contribution in [0.2, 0.25) is 0 Å². The standard InChI is InChI=1S/C14H23N3O/c1-12(2)16-7-9-17(10-8-16)14-6-4-3-5-13(14)11-15-18/h3-6,12,15,18H,7-11H2,1-2H3. The van der Waals surface area contributed by atoms with Crippen molar-refractivity contribution in [3.63, 3.8) is 0 Å².